The Labute approximate surface area is 145 Å². The zero-order valence-corrected chi connectivity index (χ0v) is 13.6. The summed E-state index contributed by atoms with van der Waals surface area (Å²) >= 11 is 0. The average Bonchev–Trinajstić information content (AvgIpc) is 3.03. The molecule has 0 aliphatic rings. The molecule has 4 rings (SSSR count). The first kappa shape index (κ1) is 15.8. The monoisotopic (exact) mass is 352 g/mol. The minimum absolute atomic E-state index is 0.0587. The fraction of sp³-hybridized carbons (Fsp3) is 0.0556. The SMILES string of the molecule is COC(=O)c1ccc2nc(-n3c(=O)cc(N)c4c(F)cccc43)[nH]c2c1. The Morgan fingerprint density at radius 3 is 2.85 bits per heavy atom. The van der Waals surface area contributed by atoms with Gasteiger partial charge in [-0.15, -0.1) is 0 Å². The van der Waals surface area contributed by atoms with Crippen LogP contribution in [0, 0.1) is 5.82 Å². The van der Waals surface area contributed by atoms with Gasteiger partial charge < -0.3 is 15.5 Å². The van der Waals surface area contributed by atoms with Crippen LogP contribution >= 0.6 is 0 Å². The molecule has 0 aliphatic carbocycles. The zero-order valence-electron chi connectivity index (χ0n) is 13.6. The van der Waals surface area contributed by atoms with E-state index in [0.717, 1.165) is 6.07 Å². The first-order chi connectivity index (χ1) is 12.5. The lowest BCUT2D eigenvalue weighted by Crippen LogP contribution is -2.20. The summed E-state index contributed by atoms with van der Waals surface area (Å²) in [5.41, 5.74) is 7.14. The van der Waals surface area contributed by atoms with Gasteiger partial charge in [-0.1, -0.05) is 6.07 Å². The molecule has 0 saturated carbocycles. The Bertz CT molecular complexity index is 1240. The summed E-state index contributed by atoms with van der Waals surface area (Å²) in [5.74, 6) is -0.819. The van der Waals surface area contributed by atoms with Crippen LogP contribution in [0.4, 0.5) is 10.1 Å². The first-order valence-corrected chi connectivity index (χ1v) is 7.68. The van der Waals surface area contributed by atoms with Crippen LogP contribution in [0.25, 0.3) is 27.9 Å². The Morgan fingerprint density at radius 1 is 1.27 bits per heavy atom. The molecule has 0 amide bonds. The van der Waals surface area contributed by atoms with Crippen molar-refractivity contribution in [3.63, 3.8) is 0 Å². The molecule has 3 N–H and O–H groups in total. The van der Waals surface area contributed by atoms with Crippen molar-refractivity contribution in [2.24, 2.45) is 0 Å². The number of carbonyl (C=O) groups is 1. The molecule has 2 heterocycles. The van der Waals surface area contributed by atoms with Crippen molar-refractivity contribution in [1.29, 1.82) is 0 Å². The number of aromatic amines is 1. The van der Waals surface area contributed by atoms with Crippen molar-refractivity contribution >= 4 is 33.6 Å². The average molecular weight is 352 g/mol. The number of nitrogen functional groups attached to an aromatic ring is 1. The second-order valence-electron chi connectivity index (χ2n) is 5.69. The third-order valence-electron chi connectivity index (χ3n) is 4.12. The molecule has 7 nitrogen and oxygen atoms in total. The van der Waals surface area contributed by atoms with E-state index in [1.165, 1.54) is 23.8 Å². The molecule has 26 heavy (non-hydrogen) atoms. The van der Waals surface area contributed by atoms with Crippen LogP contribution in [0.2, 0.25) is 0 Å². The number of carbonyl (C=O) groups excluding carboxylic acids is 1. The van der Waals surface area contributed by atoms with E-state index in [0.29, 0.717) is 22.1 Å². The maximum Gasteiger partial charge on any atom is 0.337 e. The predicted molar refractivity (Wildman–Crippen MR) is 94.9 cm³/mol. The molecule has 0 saturated heterocycles. The number of imidazole rings is 1. The summed E-state index contributed by atoms with van der Waals surface area (Å²) in [6, 6.07) is 10.3. The molecule has 2 aromatic heterocycles. The van der Waals surface area contributed by atoms with E-state index >= 15 is 0 Å². The number of H-pyrrole nitrogens is 1. The van der Waals surface area contributed by atoms with Crippen LogP contribution in [0.3, 0.4) is 0 Å². The highest BCUT2D eigenvalue weighted by Gasteiger charge is 2.15. The predicted octanol–water partition coefficient (Wildman–Crippen LogP) is 2.37. The van der Waals surface area contributed by atoms with Gasteiger partial charge in [0, 0.05) is 11.8 Å². The van der Waals surface area contributed by atoms with Crippen molar-refractivity contribution in [3.8, 4) is 5.95 Å². The molecule has 8 heteroatoms. The number of methoxy groups -OCH3 is 1. The van der Waals surface area contributed by atoms with Crippen LogP contribution in [0.15, 0.2) is 47.3 Å². The van der Waals surface area contributed by atoms with Gasteiger partial charge in [0.25, 0.3) is 5.56 Å². The summed E-state index contributed by atoms with van der Waals surface area (Å²) < 4.78 is 20.1. The second kappa shape index (κ2) is 5.69. The molecule has 4 aromatic rings. The fourth-order valence-corrected chi connectivity index (χ4v) is 2.94. The number of hydrogen-bond acceptors (Lipinski definition) is 5. The Hall–Kier alpha value is -3.68. The van der Waals surface area contributed by atoms with Crippen LogP contribution < -0.4 is 11.3 Å². The molecule has 0 bridgehead atoms. The van der Waals surface area contributed by atoms with Crippen LogP contribution in [-0.4, -0.2) is 27.6 Å². The second-order valence-corrected chi connectivity index (χ2v) is 5.69. The number of aromatic nitrogens is 3. The number of halogens is 1. The van der Waals surface area contributed by atoms with E-state index in [1.54, 1.807) is 24.3 Å². The molecule has 0 spiro atoms. The maximum absolute atomic E-state index is 14.2. The van der Waals surface area contributed by atoms with Gasteiger partial charge in [0.2, 0.25) is 5.95 Å². The Morgan fingerprint density at radius 2 is 2.08 bits per heavy atom. The lowest BCUT2D eigenvalue weighted by molar-refractivity contribution is 0.0601. The summed E-state index contributed by atoms with van der Waals surface area (Å²) in [6.07, 6.45) is 0. The van der Waals surface area contributed by atoms with Gasteiger partial charge in [0.05, 0.1) is 34.6 Å². The number of ether oxygens (including phenoxy) is 1. The van der Waals surface area contributed by atoms with Crippen molar-refractivity contribution in [1.82, 2.24) is 14.5 Å². The number of anilines is 1. The maximum atomic E-state index is 14.2. The van der Waals surface area contributed by atoms with Crippen LogP contribution in [0.5, 0.6) is 0 Å². The molecule has 0 fully saturated rings. The van der Waals surface area contributed by atoms with Crippen molar-refractivity contribution < 1.29 is 13.9 Å². The minimum Gasteiger partial charge on any atom is -0.465 e. The standard InChI is InChI=1S/C18H13FN4O3/c1-26-17(25)9-5-6-12-13(7-9)22-18(21-12)23-14-4-2-3-10(19)16(14)11(20)8-15(23)24/h2-8H,20H2,1H3,(H,21,22). The highest BCUT2D eigenvalue weighted by molar-refractivity contribution is 5.94. The number of nitrogens with zero attached hydrogens (tertiary/aromatic N) is 2. The molecule has 0 unspecified atom stereocenters. The van der Waals surface area contributed by atoms with Crippen molar-refractivity contribution in [3.05, 3.63) is 64.2 Å². The summed E-state index contributed by atoms with van der Waals surface area (Å²) in [7, 11) is 1.29. The number of benzene rings is 2. The van der Waals surface area contributed by atoms with E-state index in [-0.39, 0.29) is 17.0 Å². The van der Waals surface area contributed by atoms with Gasteiger partial charge in [-0.05, 0) is 30.3 Å². The Kier molecular flexibility index (Phi) is 3.47. The number of nitrogens with two attached hydrogens (primary N) is 1. The summed E-state index contributed by atoms with van der Waals surface area (Å²) in [4.78, 5) is 31.5. The summed E-state index contributed by atoms with van der Waals surface area (Å²) in [6.45, 7) is 0. The smallest absolute Gasteiger partial charge is 0.337 e. The number of hydrogen-bond donors (Lipinski definition) is 2. The van der Waals surface area contributed by atoms with Crippen LogP contribution in [-0.2, 0) is 4.74 Å². The van der Waals surface area contributed by atoms with E-state index in [9.17, 15) is 14.0 Å². The zero-order chi connectivity index (χ0) is 18.4. The molecular formula is C18H13FN4O3. The molecular weight excluding hydrogens is 339 g/mol. The van der Waals surface area contributed by atoms with E-state index < -0.39 is 17.3 Å². The number of nitrogens with one attached hydrogen (secondary N) is 1. The van der Waals surface area contributed by atoms with Crippen molar-refractivity contribution in [2.75, 3.05) is 12.8 Å². The largest absolute Gasteiger partial charge is 0.465 e. The third-order valence-corrected chi connectivity index (χ3v) is 4.12. The number of fused-ring (bicyclic) bond motifs is 2. The number of rotatable bonds is 2. The third kappa shape index (κ3) is 2.31. The van der Waals surface area contributed by atoms with Gasteiger partial charge in [-0.3, -0.25) is 4.79 Å². The molecule has 0 atom stereocenters. The highest BCUT2D eigenvalue weighted by Crippen LogP contribution is 2.24. The van der Waals surface area contributed by atoms with Gasteiger partial charge in [-0.25, -0.2) is 18.7 Å². The minimum atomic E-state index is -0.530. The summed E-state index contributed by atoms with van der Waals surface area (Å²) in [5, 5.41) is 0.141. The van der Waals surface area contributed by atoms with Gasteiger partial charge in [-0.2, -0.15) is 0 Å². The van der Waals surface area contributed by atoms with Gasteiger partial charge >= 0.3 is 5.97 Å². The lowest BCUT2D eigenvalue weighted by Gasteiger charge is -2.09. The molecule has 130 valence electrons. The van der Waals surface area contributed by atoms with E-state index in [4.69, 9.17) is 10.5 Å². The van der Waals surface area contributed by atoms with Gasteiger partial charge in [0.15, 0.2) is 0 Å². The first-order valence-electron chi connectivity index (χ1n) is 7.68. The molecule has 2 aromatic carbocycles. The quantitative estimate of drug-likeness (QED) is 0.539. The topological polar surface area (TPSA) is 103 Å². The van der Waals surface area contributed by atoms with Crippen LogP contribution in [0.1, 0.15) is 10.4 Å². The Balaban J connectivity index is 2.00. The number of esters is 1. The lowest BCUT2D eigenvalue weighted by atomic mass is 10.1. The fourth-order valence-electron chi connectivity index (χ4n) is 2.94. The highest BCUT2D eigenvalue weighted by atomic mass is 19.1. The van der Waals surface area contributed by atoms with Gasteiger partial charge in [0.1, 0.15) is 5.82 Å². The molecule has 0 aliphatic heterocycles. The van der Waals surface area contributed by atoms with E-state index in [1.807, 2.05) is 0 Å². The normalized spacial score (nSPS) is 11.2. The number of pyridine rings is 1. The van der Waals surface area contributed by atoms with E-state index in [2.05, 4.69) is 9.97 Å². The van der Waals surface area contributed by atoms with Crippen molar-refractivity contribution in [2.45, 2.75) is 0 Å². The molecule has 0 radical (unpaired) electrons.